The highest BCUT2D eigenvalue weighted by Gasteiger charge is 2.55. The third-order valence-corrected chi connectivity index (χ3v) is 6.92. The van der Waals surface area contributed by atoms with E-state index in [1.54, 1.807) is 6.08 Å². The van der Waals surface area contributed by atoms with Crippen LogP contribution in [-0.2, 0) is 9.13 Å². The van der Waals surface area contributed by atoms with Crippen LogP contribution in [-0.4, -0.2) is 29.8 Å². The molecule has 0 heterocycles. The van der Waals surface area contributed by atoms with Gasteiger partial charge in [0.1, 0.15) is 0 Å². The number of hydrogen-bond donors (Lipinski definition) is 4. The maximum Gasteiger partial charge on any atom is 0.342 e. The van der Waals surface area contributed by atoms with Crippen molar-refractivity contribution in [2.45, 2.75) is 16.7 Å². The summed E-state index contributed by atoms with van der Waals surface area (Å²) in [5.41, 5.74) is 0. The molecule has 0 amide bonds. The Hall–Kier alpha value is 0.0700. The first-order valence-electron chi connectivity index (χ1n) is 4.21. The molecule has 0 bridgehead atoms. The predicted molar refractivity (Wildman–Crippen MR) is 59.4 cm³/mol. The Kier molecular flexibility index (Phi) is 3.88. The summed E-state index contributed by atoms with van der Waals surface area (Å²) in [6, 6.07) is 0. The normalized spacial score (nSPS) is 26.4. The van der Waals surface area contributed by atoms with Gasteiger partial charge < -0.3 is 19.6 Å². The molecule has 0 fully saturated rings. The summed E-state index contributed by atoms with van der Waals surface area (Å²) in [7, 11) is -10.0. The van der Waals surface area contributed by atoms with Crippen LogP contribution in [0, 0.1) is 0 Å². The van der Waals surface area contributed by atoms with Crippen LogP contribution in [0.25, 0.3) is 0 Å². The smallest absolute Gasteiger partial charge is 0.324 e. The molecular formula is C7H11ClO6P2. The molecule has 0 aromatic carbocycles. The zero-order valence-electron chi connectivity index (χ0n) is 7.97. The molecule has 92 valence electrons. The Labute approximate surface area is 96.9 Å². The van der Waals surface area contributed by atoms with Crippen molar-refractivity contribution in [1.29, 1.82) is 0 Å². The van der Waals surface area contributed by atoms with Crippen molar-refractivity contribution < 1.29 is 28.7 Å². The molecular weight excluding hydrogens is 277 g/mol. The molecule has 0 saturated heterocycles. The molecule has 1 atom stereocenters. The lowest BCUT2D eigenvalue weighted by Crippen LogP contribution is -2.35. The Balaban J connectivity index is 3.23. The summed E-state index contributed by atoms with van der Waals surface area (Å²) in [6.07, 6.45) is 5.61. The van der Waals surface area contributed by atoms with E-state index in [1.807, 2.05) is 0 Å². The Morgan fingerprint density at radius 2 is 1.62 bits per heavy atom. The largest absolute Gasteiger partial charge is 0.342 e. The fraction of sp³-hybridized carbons (Fsp3) is 0.429. The van der Waals surface area contributed by atoms with Crippen LogP contribution < -0.4 is 0 Å². The van der Waals surface area contributed by atoms with Crippen LogP contribution in [0.1, 0.15) is 6.42 Å². The zero-order chi connectivity index (χ0) is 12.6. The topological polar surface area (TPSA) is 115 Å². The maximum atomic E-state index is 11.1. The van der Waals surface area contributed by atoms with Crippen molar-refractivity contribution in [3.05, 3.63) is 24.3 Å². The Bertz CT molecular complexity index is 399. The lowest BCUT2D eigenvalue weighted by molar-refractivity contribution is 0.329. The van der Waals surface area contributed by atoms with Crippen molar-refractivity contribution in [3.8, 4) is 0 Å². The van der Waals surface area contributed by atoms with E-state index in [9.17, 15) is 9.13 Å². The predicted octanol–water partition coefficient (Wildman–Crippen LogP) is 1.16. The lowest BCUT2D eigenvalue weighted by atomic mass is 10.0. The van der Waals surface area contributed by atoms with Gasteiger partial charge in [0.05, 0.1) is 4.87 Å². The zero-order valence-corrected chi connectivity index (χ0v) is 10.5. The summed E-state index contributed by atoms with van der Waals surface area (Å²) in [6.45, 7) is 0. The minimum Gasteiger partial charge on any atom is -0.324 e. The van der Waals surface area contributed by atoms with E-state index < -0.39 is 25.5 Å². The summed E-state index contributed by atoms with van der Waals surface area (Å²) in [4.78, 5) is 34.3. The van der Waals surface area contributed by atoms with Gasteiger partial charge in [0.2, 0.25) is 0 Å². The summed E-state index contributed by atoms with van der Waals surface area (Å²) in [5, 5.41) is -2.23. The van der Waals surface area contributed by atoms with Crippen molar-refractivity contribution in [3.63, 3.8) is 0 Å². The second kappa shape index (κ2) is 4.39. The number of halogens is 1. The Morgan fingerprint density at radius 3 is 1.94 bits per heavy atom. The van der Waals surface area contributed by atoms with Gasteiger partial charge in [-0.25, -0.2) is 0 Å². The number of rotatable bonds is 3. The second-order valence-electron chi connectivity index (χ2n) is 3.47. The monoisotopic (exact) mass is 288 g/mol. The Morgan fingerprint density at radius 1 is 1.12 bits per heavy atom. The minimum absolute atomic E-state index is 0.0497. The molecule has 4 N–H and O–H groups in total. The average Bonchev–Trinajstić information content (AvgIpc) is 1.97. The second-order valence-corrected chi connectivity index (χ2v) is 7.97. The van der Waals surface area contributed by atoms with E-state index in [0.29, 0.717) is 0 Å². The van der Waals surface area contributed by atoms with E-state index >= 15 is 0 Å². The highest BCUT2D eigenvalue weighted by Crippen LogP contribution is 2.66. The standard InChI is InChI=1S/C7H11ClO6P2/c8-7(4-2-1-3-5-7)6(15(9,10)11)16(12,13)14/h1-4,6H,5H2,(H2,9,10,11)(H2,12,13,14). The number of hydrogen-bond acceptors (Lipinski definition) is 2. The minimum atomic E-state index is -5.01. The van der Waals surface area contributed by atoms with Crippen molar-refractivity contribution in [2.75, 3.05) is 0 Å². The van der Waals surface area contributed by atoms with Gasteiger partial charge in [0, 0.05) is 0 Å². The van der Waals surface area contributed by atoms with E-state index in [2.05, 4.69) is 0 Å². The van der Waals surface area contributed by atoms with E-state index in [-0.39, 0.29) is 6.42 Å². The van der Waals surface area contributed by atoms with E-state index in [4.69, 9.17) is 31.2 Å². The molecule has 1 aliphatic rings. The van der Waals surface area contributed by atoms with Crippen LogP contribution in [0.5, 0.6) is 0 Å². The fourth-order valence-electron chi connectivity index (χ4n) is 1.56. The molecule has 0 spiro atoms. The third kappa shape index (κ3) is 3.05. The van der Waals surface area contributed by atoms with Crippen LogP contribution >= 0.6 is 26.8 Å². The fourth-order valence-corrected chi connectivity index (χ4v) is 5.55. The molecule has 0 saturated carbocycles. The highest BCUT2D eigenvalue weighted by molar-refractivity contribution is 7.71. The molecule has 1 rings (SSSR count). The first kappa shape index (κ1) is 14.1. The van der Waals surface area contributed by atoms with Crippen molar-refractivity contribution >= 4 is 26.8 Å². The summed E-state index contributed by atoms with van der Waals surface area (Å²) in [5.74, 6) is 0. The van der Waals surface area contributed by atoms with Crippen LogP contribution in [0.2, 0.25) is 0 Å². The maximum absolute atomic E-state index is 11.1. The summed E-state index contributed by atoms with van der Waals surface area (Å²) >= 11 is 5.89. The van der Waals surface area contributed by atoms with Crippen LogP contribution in [0.3, 0.4) is 0 Å². The van der Waals surface area contributed by atoms with Crippen LogP contribution in [0.15, 0.2) is 24.3 Å². The first-order valence-corrected chi connectivity index (χ1v) is 7.95. The molecule has 0 aliphatic heterocycles. The molecule has 1 aliphatic carbocycles. The highest BCUT2D eigenvalue weighted by atomic mass is 35.5. The molecule has 9 heteroatoms. The molecule has 6 nitrogen and oxygen atoms in total. The quantitative estimate of drug-likeness (QED) is 0.457. The van der Waals surface area contributed by atoms with Crippen molar-refractivity contribution in [1.82, 2.24) is 0 Å². The van der Waals surface area contributed by atoms with Gasteiger partial charge in [-0.15, -0.1) is 11.6 Å². The van der Waals surface area contributed by atoms with Crippen LogP contribution in [0.4, 0.5) is 0 Å². The molecule has 0 aromatic heterocycles. The summed E-state index contributed by atoms with van der Waals surface area (Å²) < 4.78 is 22.3. The van der Waals surface area contributed by atoms with Gasteiger partial charge in [-0.2, -0.15) is 0 Å². The third-order valence-electron chi connectivity index (χ3n) is 2.12. The van der Waals surface area contributed by atoms with Gasteiger partial charge in [-0.3, -0.25) is 9.13 Å². The van der Waals surface area contributed by atoms with Crippen molar-refractivity contribution in [2.24, 2.45) is 0 Å². The molecule has 0 radical (unpaired) electrons. The van der Waals surface area contributed by atoms with E-state index in [0.717, 1.165) is 0 Å². The van der Waals surface area contributed by atoms with Gasteiger partial charge in [-0.05, 0) is 6.42 Å². The van der Waals surface area contributed by atoms with Gasteiger partial charge >= 0.3 is 15.2 Å². The van der Waals surface area contributed by atoms with E-state index in [1.165, 1.54) is 18.2 Å². The molecule has 1 unspecified atom stereocenters. The molecule has 0 aromatic rings. The van der Waals surface area contributed by atoms with Gasteiger partial charge in [0.15, 0.2) is 5.40 Å². The molecule has 16 heavy (non-hydrogen) atoms. The SMILES string of the molecule is O=P(O)(O)C(C1(Cl)C=CC=CC1)P(=O)(O)O. The number of alkyl halides is 1. The lowest BCUT2D eigenvalue weighted by Gasteiger charge is -2.33. The number of allylic oxidation sites excluding steroid dienone is 4. The van der Waals surface area contributed by atoms with Gasteiger partial charge in [0.25, 0.3) is 0 Å². The average molecular weight is 289 g/mol. The van der Waals surface area contributed by atoms with Gasteiger partial charge in [-0.1, -0.05) is 24.3 Å². The first-order chi connectivity index (χ1) is 7.07.